The first-order valence-corrected chi connectivity index (χ1v) is 5.99. The molecular weight excluding hydrogens is 240 g/mol. The van der Waals surface area contributed by atoms with Crippen LogP contribution in [-0.4, -0.2) is 9.49 Å². The molecule has 4 heteroatoms. The summed E-state index contributed by atoms with van der Waals surface area (Å²) in [6.07, 6.45) is 1.88. The zero-order chi connectivity index (χ0) is 13.4. The summed E-state index contributed by atoms with van der Waals surface area (Å²) >= 11 is 0. The Bertz CT molecular complexity index is 775. The molecule has 0 fully saturated rings. The third-order valence-electron chi connectivity index (χ3n) is 3.25. The fourth-order valence-electron chi connectivity index (χ4n) is 2.40. The monoisotopic (exact) mass is 252 g/mol. The molecule has 0 atom stereocenters. The molecule has 2 aromatic carbocycles. The van der Waals surface area contributed by atoms with Crippen LogP contribution in [0.5, 0.6) is 0 Å². The van der Waals surface area contributed by atoms with E-state index >= 15 is 0 Å². The average Bonchev–Trinajstić information content (AvgIpc) is 2.84. The summed E-state index contributed by atoms with van der Waals surface area (Å²) in [4.78, 5) is 10.8. The van der Waals surface area contributed by atoms with Gasteiger partial charge in [0.1, 0.15) is 5.69 Å². The van der Waals surface area contributed by atoms with Gasteiger partial charge >= 0.3 is 0 Å². The predicted octanol–water partition coefficient (Wildman–Crippen LogP) is 3.85. The fourth-order valence-corrected chi connectivity index (χ4v) is 2.40. The van der Waals surface area contributed by atoms with Crippen molar-refractivity contribution in [2.45, 2.75) is 6.92 Å². The molecule has 0 radical (unpaired) electrons. The summed E-state index contributed by atoms with van der Waals surface area (Å²) in [6, 6.07) is 14.8. The Kier molecular flexibility index (Phi) is 2.56. The highest BCUT2D eigenvalue weighted by molar-refractivity contribution is 5.85. The molecule has 0 aliphatic rings. The molecule has 0 amide bonds. The van der Waals surface area contributed by atoms with Gasteiger partial charge in [0, 0.05) is 17.6 Å². The maximum atomic E-state index is 11.1. The van der Waals surface area contributed by atoms with Gasteiger partial charge in [-0.05, 0) is 24.6 Å². The third-order valence-corrected chi connectivity index (χ3v) is 3.25. The smallest absolute Gasteiger partial charge is 0.293 e. The summed E-state index contributed by atoms with van der Waals surface area (Å²) < 4.78 is 1.88. The van der Waals surface area contributed by atoms with Crippen LogP contribution in [0.15, 0.2) is 54.7 Å². The minimum atomic E-state index is -0.348. The Balaban J connectivity index is 2.34. The molecule has 0 bridgehead atoms. The zero-order valence-electron chi connectivity index (χ0n) is 10.4. The second-order valence-corrected chi connectivity index (χ2v) is 4.44. The largest absolute Gasteiger partial charge is 0.310 e. The lowest BCUT2D eigenvalue weighted by atomic mass is 10.1. The van der Waals surface area contributed by atoms with E-state index in [1.807, 2.05) is 48.0 Å². The minimum Gasteiger partial charge on any atom is -0.310 e. The molecule has 1 heterocycles. The Morgan fingerprint density at radius 2 is 1.84 bits per heavy atom. The molecule has 0 saturated carbocycles. The van der Waals surface area contributed by atoms with Crippen LogP contribution in [0.3, 0.4) is 0 Å². The summed E-state index contributed by atoms with van der Waals surface area (Å²) in [5, 5.41) is 12.2. The van der Waals surface area contributed by atoms with Crippen LogP contribution in [0.25, 0.3) is 16.6 Å². The number of fused-ring (bicyclic) bond motifs is 1. The van der Waals surface area contributed by atoms with Gasteiger partial charge in [-0.25, -0.2) is 0 Å². The van der Waals surface area contributed by atoms with E-state index in [4.69, 9.17) is 0 Å². The maximum Gasteiger partial charge on any atom is 0.293 e. The number of nitro benzene ring substituents is 1. The van der Waals surface area contributed by atoms with Gasteiger partial charge in [-0.1, -0.05) is 30.3 Å². The Morgan fingerprint density at radius 1 is 1.05 bits per heavy atom. The lowest BCUT2D eigenvalue weighted by Gasteiger charge is -2.08. The molecular formula is C15H12N2O2. The predicted molar refractivity (Wildman–Crippen MR) is 74.7 cm³/mol. The normalized spacial score (nSPS) is 10.8. The summed E-state index contributed by atoms with van der Waals surface area (Å²) in [6.45, 7) is 2.01. The van der Waals surface area contributed by atoms with E-state index < -0.39 is 0 Å². The highest BCUT2D eigenvalue weighted by Crippen LogP contribution is 2.28. The van der Waals surface area contributed by atoms with Gasteiger partial charge in [0.05, 0.1) is 10.4 Å². The van der Waals surface area contributed by atoms with E-state index in [2.05, 4.69) is 0 Å². The molecule has 19 heavy (non-hydrogen) atoms. The number of hydrogen-bond donors (Lipinski definition) is 0. The molecule has 0 aliphatic carbocycles. The van der Waals surface area contributed by atoms with Crippen LogP contribution in [0.2, 0.25) is 0 Å². The zero-order valence-corrected chi connectivity index (χ0v) is 10.4. The van der Waals surface area contributed by atoms with Crippen molar-refractivity contribution >= 4 is 16.6 Å². The standard InChI is InChI=1S/C15H12N2O2/c1-11-5-4-6-12-9-10-16(15(11)12)13-7-2-3-8-14(13)17(18)19/h2-10H,1H3. The number of nitrogens with zero attached hydrogens (tertiary/aromatic N) is 2. The number of benzene rings is 2. The van der Waals surface area contributed by atoms with Crippen molar-refractivity contribution in [3.63, 3.8) is 0 Å². The van der Waals surface area contributed by atoms with E-state index in [0.29, 0.717) is 5.69 Å². The van der Waals surface area contributed by atoms with Gasteiger partial charge in [0.15, 0.2) is 0 Å². The van der Waals surface area contributed by atoms with Gasteiger partial charge in [0.25, 0.3) is 5.69 Å². The third kappa shape index (κ3) is 1.78. The van der Waals surface area contributed by atoms with Gasteiger partial charge in [0.2, 0.25) is 0 Å². The molecule has 0 N–H and O–H groups in total. The molecule has 0 unspecified atom stereocenters. The number of rotatable bonds is 2. The number of nitro groups is 1. The number of aryl methyl sites for hydroxylation is 1. The van der Waals surface area contributed by atoms with Crippen LogP contribution < -0.4 is 0 Å². The van der Waals surface area contributed by atoms with Crippen LogP contribution in [0.4, 0.5) is 5.69 Å². The highest BCUT2D eigenvalue weighted by atomic mass is 16.6. The quantitative estimate of drug-likeness (QED) is 0.513. The minimum absolute atomic E-state index is 0.114. The fraction of sp³-hybridized carbons (Fsp3) is 0.0667. The molecule has 0 spiro atoms. The lowest BCUT2D eigenvalue weighted by Crippen LogP contribution is -1.99. The van der Waals surface area contributed by atoms with Crippen LogP contribution >= 0.6 is 0 Å². The van der Waals surface area contributed by atoms with Crippen LogP contribution in [0.1, 0.15) is 5.56 Å². The topological polar surface area (TPSA) is 48.1 Å². The maximum absolute atomic E-state index is 11.1. The van der Waals surface area contributed by atoms with E-state index in [0.717, 1.165) is 16.5 Å². The Hall–Kier alpha value is -2.62. The van der Waals surface area contributed by atoms with Gasteiger partial charge in [-0.15, -0.1) is 0 Å². The average molecular weight is 252 g/mol. The van der Waals surface area contributed by atoms with Crippen LogP contribution in [-0.2, 0) is 0 Å². The molecule has 1 aromatic heterocycles. The van der Waals surface area contributed by atoms with Crippen molar-refractivity contribution in [1.82, 2.24) is 4.57 Å². The Labute approximate surface area is 110 Å². The van der Waals surface area contributed by atoms with Gasteiger partial charge < -0.3 is 4.57 Å². The van der Waals surface area contributed by atoms with E-state index in [9.17, 15) is 10.1 Å². The number of aromatic nitrogens is 1. The molecule has 0 saturated heterocycles. The van der Waals surface area contributed by atoms with Crippen LogP contribution in [0, 0.1) is 17.0 Å². The van der Waals surface area contributed by atoms with Gasteiger partial charge in [-0.3, -0.25) is 10.1 Å². The van der Waals surface area contributed by atoms with Gasteiger partial charge in [-0.2, -0.15) is 0 Å². The number of para-hydroxylation sites is 3. The van der Waals surface area contributed by atoms with Crippen molar-refractivity contribution < 1.29 is 4.92 Å². The van der Waals surface area contributed by atoms with Crippen molar-refractivity contribution in [3.05, 3.63) is 70.4 Å². The first-order chi connectivity index (χ1) is 9.18. The highest BCUT2D eigenvalue weighted by Gasteiger charge is 2.16. The molecule has 94 valence electrons. The molecule has 3 aromatic rings. The van der Waals surface area contributed by atoms with Crippen molar-refractivity contribution in [1.29, 1.82) is 0 Å². The molecule has 4 nitrogen and oxygen atoms in total. The van der Waals surface area contributed by atoms with E-state index in [1.165, 1.54) is 6.07 Å². The molecule has 0 aliphatic heterocycles. The Morgan fingerprint density at radius 3 is 2.63 bits per heavy atom. The summed E-state index contributed by atoms with van der Waals surface area (Å²) in [5.74, 6) is 0. The first-order valence-electron chi connectivity index (χ1n) is 5.99. The first kappa shape index (κ1) is 11.5. The number of hydrogen-bond acceptors (Lipinski definition) is 2. The van der Waals surface area contributed by atoms with E-state index in [-0.39, 0.29) is 10.6 Å². The second kappa shape index (κ2) is 4.24. The van der Waals surface area contributed by atoms with Crippen molar-refractivity contribution in [2.75, 3.05) is 0 Å². The SMILES string of the molecule is Cc1cccc2ccn(-c3ccccc3[N+](=O)[O-])c12. The summed E-state index contributed by atoms with van der Waals surface area (Å²) in [7, 11) is 0. The van der Waals surface area contributed by atoms with Crippen molar-refractivity contribution in [2.24, 2.45) is 0 Å². The van der Waals surface area contributed by atoms with Crippen molar-refractivity contribution in [3.8, 4) is 5.69 Å². The molecule has 3 rings (SSSR count). The second-order valence-electron chi connectivity index (χ2n) is 4.44. The van der Waals surface area contributed by atoms with E-state index in [1.54, 1.807) is 12.1 Å². The summed E-state index contributed by atoms with van der Waals surface area (Å²) in [5.41, 5.74) is 2.82. The lowest BCUT2D eigenvalue weighted by molar-refractivity contribution is -0.384.